The van der Waals surface area contributed by atoms with Crippen molar-refractivity contribution in [3.63, 3.8) is 0 Å². The Labute approximate surface area is 134 Å². The van der Waals surface area contributed by atoms with E-state index < -0.39 is 17.4 Å². The fraction of sp³-hybridized carbons (Fsp3) is 0.412. The summed E-state index contributed by atoms with van der Waals surface area (Å²) in [5, 5.41) is 0.557. The molecule has 5 heteroatoms. The molecule has 3 rings (SSSR count). The molecule has 0 unspecified atom stereocenters. The summed E-state index contributed by atoms with van der Waals surface area (Å²) in [6.45, 7) is 3.96. The molecule has 0 aromatic heterocycles. The molecule has 0 saturated carbocycles. The number of fused-ring (bicyclic) bond motifs is 3. The van der Waals surface area contributed by atoms with Crippen molar-refractivity contribution in [2.45, 2.75) is 32.6 Å². The zero-order chi connectivity index (χ0) is 15.9. The molecule has 2 atom stereocenters. The molecular formula is C17H17ClO4. The number of hydrogen-bond acceptors (Lipinski definition) is 4. The maximum absolute atomic E-state index is 12.6. The highest BCUT2D eigenvalue weighted by Gasteiger charge is 2.59. The molecule has 22 heavy (non-hydrogen) atoms. The molecule has 2 aliphatic rings. The highest BCUT2D eigenvalue weighted by atomic mass is 35.5. The fourth-order valence-electron chi connectivity index (χ4n) is 3.30. The van der Waals surface area contributed by atoms with Gasteiger partial charge in [-0.1, -0.05) is 23.3 Å². The third-order valence-electron chi connectivity index (χ3n) is 4.45. The van der Waals surface area contributed by atoms with Gasteiger partial charge in [-0.15, -0.1) is 0 Å². The molecule has 1 aromatic carbocycles. The lowest BCUT2D eigenvalue weighted by molar-refractivity contribution is -0.171. The number of ether oxygens (including phenoxy) is 2. The first-order chi connectivity index (χ1) is 10.5. The second kappa shape index (κ2) is 5.43. The van der Waals surface area contributed by atoms with Crippen molar-refractivity contribution < 1.29 is 19.1 Å². The van der Waals surface area contributed by atoms with Crippen molar-refractivity contribution in [2.24, 2.45) is 5.41 Å². The number of carbonyl (C=O) groups is 2. The smallest absolute Gasteiger partial charge is 0.329 e. The average molecular weight is 321 g/mol. The van der Waals surface area contributed by atoms with E-state index in [9.17, 15) is 9.59 Å². The van der Waals surface area contributed by atoms with Crippen LogP contribution in [-0.4, -0.2) is 18.5 Å². The number of rotatable bonds is 2. The van der Waals surface area contributed by atoms with Gasteiger partial charge in [0, 0.05) is 16.5 Å². The van der Waals surface area contributed by atoms with Crippen molar-refractivity contribution in [3.05, 3.63) is 40.4 Å². The predicted molar refractivity (Wildman–Crippen MR) is 81.9 cm³/mol. The summed E-state index contributed by atoms with van der Waals surface area (Å²) < 4.78 is 10.6. The third kappa shape index (κ3) is 2.13. The van der Waals surface area contributed by atoms with E-state index in [0.717, 1.165) is 11.1 Å². The van der Waals surface area contributed by atoms with Crippen molar-refractivity contribution in [3.8, 4) is 5.75 Å². The molecule has 1 heterocycles. The Kier molecular flexibility index (Phi) is 3.73. The maximum atomic E-state index is 12.6. The Morgan fingerprint density at radius 3 is 3.00 bits per heavy atom. The molecule has 0 amide bonds. The third-order valence-corrected chi connectivity index (χ3v) is 4.68. The summed E-state index contributed by atoms with van der Waals surface area (Å²) in [4.78, 5) is 25.2. The van der Waals surface area contributed by atoms with Crippen LogP contribution in [0, 0.1) is 5.41 Å². The van der Waals surface area contributed by atoms with Crippen LogP contribution in [0.5, 0.6) is 5.75 Å². The van der Waals surface area contributed by atoms with Crippen LogP contribution in [0.2, 0.25) is 5.02 Å². The SMILES string of the molecule is CCOC(=O)[C@]12CC=C(C)C[C@H]1c1cc(Cl)ccc1OC2=O. The van der Waals surface area contributed by atoms with Gasteiger partial charge in [0.15, 0.2) is 5.41 Å². The Bertz CT molecular complexity index is 679. The van der Waals surface area contributed by atoms with Gasteiger partial charge >= 0.3 is 11.9 Å². The maximum Gasteiger partial charge on any atom is 0.329 e. The zero-order valence-corrected chi connectivity index (χ0v) is 13.3. The van der Waals surface area contributed by atoms with Crippen molar-refractivity contribution in [1.82, 2.24) is 0 Å². The summed E-state index contributed by atoms with van der Waals surface area (Å²) in [5.74, 6) is -0.866. The van der Waals surface area contributed by atoms with Crippen LogP contribution in [0.15, 0.2) is 29.8 Å². The highest BCUT2D eigenvalue weighted by Crippen LogP contribution is 2.54. The van der Waals surface area contributed by atoms with Gasteiger partial charge in [-0.05, 0) is 44.9 Å². The number of carbonyl (C=O) groups excluding carboxylic acids is 2. The van der Waals surface area contributed by atoms with Crippen molar-refractivity contribution in [1.29, 1.82) is 0 Å². The second-order valence-electron chi connectivity index (χ2n) is 5.77. The first-order valence-corrected chi connectivity index (χ1v) is 7.71. The minimum Gasteiger partial charge on any atom is -0.465 e. The van der Waals surface area contributed by atoms with E-state index in [1.165, 1.54) is 0 Å². The summed E-state index contributed by atoms with van der Waals surface area (Å²) in [7, 11) is 0. The van der Waals surface area contributed by atoms with E-state index in [2.05, 4.69) is 0 Å². The van der Waals surface area contributed by atoms with E-state index in [4.69, 9.17) is 21.1 Å². The van der Waals surface area contributed by atoms with Gasteiger partial charge in [-0.3, -0.25) is 9.59 Å². The van der Waals surface area contributed by atoms with E-state index in [-0.39, 0.29) is 12.5 Å². The minimum atomic E-state index is -1.30. The molecule has 4 nitrogen and oxygen atoms in total. The van der Waals surface area contributed by atoms with Gasteiger partial charge in [0.2, 0.25) is 0 Å². The standard InChI is InChI=1S/C17H17ClO4/c1-3-21-15(19)17-7-6-10(2)8-13(17)12-9-11(18)4-5-14(12)22-16(17)20/h4-6,9,13H,3,7-8H2,1-2H3/t13-,17-/m0/s1. The Balaban J connectivity index is 2.17. The van der Waals surface area contributed by atoms with Gasteiger partial charge in [-0.2, -0.15) is 0 Å². The largest absolute Gasteiger partial charge is 0.465 e. The molecule has 116 valence electrons. The topological polar surface area (TPSA) is 52.6 Å². The summed E-state index contributed by atoms with van der Waals surface area (Å²) in [5.41, 5.74) is 0.644. The van der Waals surface area contributed by atoms with E-state index in [1.54, 1.807) is 25.1 Å². The van der Waals surface area contributed by atoms with Crippen LogP contribution in [0.25, 0.3) is 0 Å². The summed E-state index contributed by atoms with van der Waals surface area (Å²) in [6.07, 6.45) is 2.83. The Morgan fingerprint density at radius 1 is 1.50 bits per heavy atom. The number of esters is 2. The molecule has 0 saturated heterocycles. The van der Waals surface area contributed by atoms with E-state index in [0.29, 0.717) is 23.6 Å². The lowest BCUT2D eigenvalue weighted by atomic mass is 9.63. The lowest BCUT2D eigenvalue weighted by Gasteiger charge is -2.42. The van der Waals surface area contributed by atoms with Crippen LogP contribution < -0.4 is 4.74 Å². The first kappa shape index (κ1) is 15.1. The van der Waals surface area contributed by atoms with Crippen LogP contribution in [0.4, 0.5) is 0 Å². The van der Waals surface area contributed by atoms with E-state index in [1.807, 2.05) is 13.0 Å². The molecule has 0 N–H and O–H groups in total. The number of hydrogen-bond donors (Lipinski definition) is 0. The molecular weight excluding hydrogens is 304 g/mol. The first-order valence-electron chi connectivity index (χ1n) is 7.33. The molecule has 1 aliphatic heterocycles. The average Bonchev–Trinajstić information content (AvgIpc) is 2.48. The van der Waals surface area contributed by atoms with Crippen LogP contribution in [0.1, 0.15) is 38.2 Å². The second-order valence-corrected chi connectivity index (χ2v) is 6.21. The minimum absolute atomic E-state index is 0.228. The Hall–Kier alpha value is -1.81. The van der Waals surface area contributed by atoms with E-state index >= 15 is 0 Å². The monoisotopic (exact) mass is 320 g/mol. The lowest BCUT2D eigenvalue weighted by Crippen LogP contribution is -2.51. The van der Waals surface area contributed by atoms with Gasteiger partial charge < -0.3 is 9.47 Å². The van der Waals surface area contributed by atoms with Crippen LogP contribution in [0.3, 0.4) is 0 Å². The molecule has 0 bridgehead atoms. The predicted octanol–water partition coefficient (Wildman–Crippen LogP) is 3.63. The number of benzene rings is 1. The molecule has 0 radical (unpaired) electrons. The molecule has 0 fully saturated rings. The number of allylic oxidation sites excluding steroid dienone is 2. The molecule has 1 aliphatic carbocycles. The summed E-state index contributed by atoms with van der Waals surface area (Å²) >= 11 is 6.10. The highest BCUT2D eigenvalue weighted by molar-refractivity contribution is 6.30. The molecule has 0 spiro atoms. The van der Waals surface area contributed by atoms with Gasteiger partial charge in [0.25, 0.3) is 0 Å². The van der Waals surface area contributed by atoms with Gasteiger partial charge in [0.05, 0.1) is 6.61 Å². The quantitative estimate of drug-likeness (QED) is 0.361. The zero-order valence-electron chi connectivity index (χ0n) is 12.5. The molecule has 1 aromatic rings. The number of halogens is 1. The van der Waals surface area contributed by atoms with Crippen molar-refractivity contribution >= 4 is 23.5 Å². The van der Waals surface area contributed by atoms with Gasteiger partial charge in [-0.25, -0.2) is 0 Å². The Morgan fingerprint density at radius 2 is 2.27 bits per heavy atom. The summed E-state index contributed by atoms with van der Waals surface area (Å²) in [6, 6.07) is 5.13. The van der Waals surface area contributed by atoms with Crippen LogP contribution >= 0.6 is 11.6 Å². The van der Waals surface area contributed by atoms with Crippen LogP contribution in [-0.2, 0) is 14.3 Å². The van der Waals surface area contributed by atoms with Crippen molar-refractivity contribution in [2.75, 3.05) is 6.61 Å². The fourth-order valence-corrected chi connectivity index (χ4v) is 3.48. The normalized spacial score (nSPS) is 26.4. The van der Waals surface area contributed by atoms with Gasteiger partial charge in [0.1, 0.15) is 5.75 Å².